The predicted octanol–water partition coefficient (Wildman–Crippen LogP) is 4.87. The van der Waals surface area contributed by atoms with E-state index in [1.807, 2.05) is 49.4 Å². The largest absolute Gasteiger partial charge is 0.325 e. The fourth-order valence-corrected chi connectivity index (χ4v) is 3.65. The molecule has 2 amide bonds. The van der Waals surface area contributed by atoms with Crippen LogP contribution in [0.15, 0.2) is 54.6 Å². The first-order valence-corrected chi connectivity index (χ1v) is 9.45. The zero-order valence-corrected chi connectivity index (χ0v) is 15.3. The maximum absolute atomic E-state index is 13.1. The predicted molar refractivity (Wildman–Crippen MR) is 105 cm³/mol. The second kappa shape index (κ2) is 8.65. The van der Waals surface area contributed by atoms with E-state index in [0.717, 1.165) is 18.5 Å². The van der Waals surface area contributed by atoms with Crippen molar-refractivity contribution in [2.75, 3.05) is 16.8 Å². The first-order chi connectivity index (χ1) is 12.7. The minimum Gasteiger partial charge on any atom is -0.325 e. The van der Waals surface area contributed by atoms with Gasteiger partial charge in [-0.2, -0.15) is 0 Å². The summed E-state index contributed by atoms with van der Waals surface area (Å²) in [4.78, 5) is 27.2. The molecule has 26 heavy (non-hydrogen) atoms. The Morgan fingerprint density at radius 1 is 1.00 bits per heavy atom. The van der Waals surface area contributed by atoms with E-state index in [9.17, 15) is 9.59 Å². The Morgan fingerprint density at radius 3 is 2.35 bits per heavy atom. The molecule has 0 saturated heterocycles. The van der Waals surface area contributed by atoms with Gasteiger partial charge in [0.15, 0.2) is 0 Å². The van der Waals surface area contributed by atoms with E-state index < -0.39 is 0 Å². The van der Waals surface area contributed by atoms with Crippen molar-refractivity contribution < 1.29 is 9.59 Å². The summed E-state index contributed by atoms with van der Waals surface area (Å²) in [6, 6.07) is 16.9. The van der Waals surface area contributed by atoms with Crippen LogP contribution in [0.2, 0.25) is 0 Å². The molecule has 1 fully saturated rings. The van der Waals surface area contributed by atoms with Crippen LogP contribution in [0.5, 0.6) is 0 Å². The molecule has 1 aliphatic carbocycles. The number of nitrogens with zero attached hydrogens (tertiary/aromatic N) is 1. The quantitative estimate of drug-likeness (QED) is 0.808. The van der Waals surface area contributed by atoms with Crippen molar-refractivity contribution in [2.24, 2.45) is 5.92 Å². The topological polar surface area (TPSA) is 49.4 Å². The van der Waals surface area contributed by atoms with Crippen LogP contribution in [-0.2, 0) is 4.79 Å². The number of rotatable bonds is 6. The van der Waals surface area contributed by atoms with Crippen molar-refractivity contribution in [3.63, 3.8) is 0 Å². The van der Waals surface area contributed by atoms with E-state index in [4.69, 9.17) is 0 Å². The van der Waals surface area contributed by atoms with Gasteiger partial charge in [-0.15, -0.1) is 0 Å². The van der Waals surface area contributed by atoms with E-state index in [2.05, 4.69) is 5.32 Å². The average molecular weight is 350 g/mol. The summed E-state index contributed by atoms with van der Waals surface area (Å²) in [5.41, 5.74) is 1.97. The summed E-state index contributed by atoms with van der Waals surface area (Å²) in [6.45, 7) is 2.51. The van der Waals surface area contributed by atoms with Crippen molar-refractivity contribution in [3.8, 4) is 0 Å². The average Bonchev–Trinajstić information content (AvgIpc) is 3.16. The molecule has 1 saturated carbocycles. The van der Waals surface area contributed by atoms with Crippen LogP contribution in [0.3, 0.4) is 0 Å². The molecule has 0 aliphatic heterocycles. The minimum absolute atomic E-state index is 0.0000837. The maximum atomic E-state index is 13.1. The van der Waals surface area contributed by atoms with Crippen LogP contribution >= 0.6 is 0 Å². The lowest BCUT2D eigenvalue weighted by Gasteiger charge is -2.22. The van der Waals surface area contributed by atoms with Crippen LogP contribution in [0.4, 0.5) is 11.4 Å². The fourth-order valence-electron chi connectivity index (χ4n) is 3.65. The standard InChI is InChI=1S/C22H26N2O2/c1-2-24(18-12-4-3-5-13-18)22(26)19-14-8-9-15-20(19)23-21(25)16-17-10-6-7-11-17/h3-5,8-9,12-15,17H,2,6-7,10-11,16H2,1H3,(H,23,25). The van der Waals surface area contributed by atoms with Gasteiger partial charge in [0.2, 0.25) is 5.91 Å². The van der Waals surface area contributed by atoms with Gasteiger partial charge in [0, 0.05) is 18.7 Å². The van der Waals surface area contributed by atoms with Crippen molar-refractivity contribution in [3.05, 3.63) is 60.2 Å². The molecular weight excluding hydrogens is 324 g/mol. The third-order valence-electron chi connectivity index (χ3n) is 5.01. The highest BCUT2D eigenvalue weighted by Crippen LogP contribution is 2.28. The molecule has 2 aromatic carbocycles. The summed E-state index contributed by atoms with van der Waals surface area (Å²) in [7, 11) is 0. The molecule has 1 aliphatic rings. The number of benzene rings is 2. The van der Waals surface area contributed by atoms with E-state index in [1.54, 1.807) is 17.0 Å². The van der Waals surface area contributed by atoms with Crippen molar-refractivity contribution in [1.82, 2.24) is 0 Å². The second-order valence-corrected chi connectivity index (χ2v) is 6.83. The number of carbonyl (C=O) groups is 2. The summed E-state index contributed by atoms with van der Waals surface area (Å²) >= 11 is 0. The Bertz CT molecular complexity index is 752. The molecule has 4 heteroatoms. The summed E-state index contributed by atoms with van der Waals surface area (Å²) in [5.74, 6) is 0.379. The van der Waals surface area contributed by atoms with Gasteiger partial charge >= 0.3 is 0 Å². The molecule has 3 rings (SSSR count). The highest BCUT2D eigenvalue weighted by atomic mass is 16.2. The van der Waals surface area contributed by atoms with Gasteiger partial charge in [-0.3, -0.25) is 9.59 Å². The Hall–Kier alpha value is -2.62. The van der Waals surface area contributed by atoms with E-state index >= 15 is 0 Å². The molecule has 0 unspecified atom stereocenters. The Labute approximate surface area is 155 Å². The fraction of sp³-hybridized carbons (Fsp3) is 0.364. The van der Waals surface area contributed by atoms with Crippen LogP contribution in [-0.4, -0.2) is 18.4 Å². The van der Waals surface area contributed by atoms with Gasteiger partial charge in [0.05, 0.1) is 11.3 Å². The summed E-state index contributed by atoms with van der Waals surface area (Å²) in [6.07, 6.45) is 5.24. The number of hydrogen-bond donors (Lipinski definition) is 1. The molecule has 0 aromatic heterocycles. The number of para-hydroxylation sites is 2. The van der Waals surface area contributed by atoms with Gasteiger partial charge in [-0.1, -0.05) is 43.2 Å². The number of anilines is 2. The smallest absolute Gasteiger partial charge is 0.260 e. The zero-order chi connectivity index (χ0) is 18.4. The lowest BCUT2D eigenvalue weighted by Crippen LogP contribution is -2.31. The highest BCUT2D eigenvalue weighted by molar-refractivity contribution is 6.11. The third-order valence-corrected chi connectivity index (χ3v) is 5.01. The van der Waals surface area contributed by atoms with Crippen LogP contribution in [0.25, 0.3) is 0 Å². The van der Waals surface area contributed by atoms with E-state index in [-0.39, 0.29) is 11.8 Å². The second-order valence-electron chi connectivity index (χ2n) is 6.83. The van der Waals surface area contributed by atoms with Gasteiger partial charge in [0.1, 0.15) is 0 Å². The van der Waals surface area contributed by atoms with Gasteiger partial charge in [0.25, 0.3) is 5.91 Å². The number of carbonyl (C=O) groups excluding carboxylic acids is 2. The van der Waals surface area contributed by atoms with Crippen molar-refractivity contribution in [1.29, 1.82) is 0 Å². The van der Waals surface area contributed by atoms with Crippen molar-refractivity contribution >= 4 is 23.2 Å². The SMILES string of the molecule is CCN(C(=O)c1ccccc1NC(=O)CC1CCCC1)c1ccccc1. The molecule has 0 radical (unpaired) electrons. The molecule has 1 N–H and O–H groups in total. The normalized spacial score (nSPS) is 14.2. The third kappa shape index (κ3) is 4.31. The molecule has 0 atom stereocenters. The number of hydrogen-bond acceptors (Lipinski definition) is 2. The number of nitrogens with one attached hydrogen (secondary N) is 1. The highest BCUT2D eigenvalue weighted by Gasteiger charge is 2.22. The van der Waals surface area contributed by atoms with E-state index in [0.29, 0.717) is 30.1 Å². The number of amides is 2. The zero-order valence-electron chi connectivity index (χ0n) is 15.3. The minimum atomic E-state index is -0.101. The van der Waals surface area contributed by atoms with Crippen LogP contribution in [0.1, 0.15) is 49.4 Å². The lowest BCUT2D eigenvalue weighted by molar-refractivity contribution is -0.117. The first-order valence-electron chi connectivity index (χ1n) is 9.45. The molecule has 2 aromatic rings. The Kier molecular flexibility index (Phi) is 6.05. The molecule has 0 spiro atoms. The summed E-state index contributed by atoms with van der Waals surface area (Å²) < 4.78 is 0. The molecule has 0 bridgehead atoms. The van der Waals surface area contributed by atoms with Crippen LogP contribution in [0, 0.1) is 5.92 Å². The van der Waals surface area contributed by atoms with Gasteiger partial charge < -0.3 is 10.2 Å². The lowest BCUT2D eigenvalue weighted by atomic mass is 10.0. The molecule has 4 nitrogen and oxygen atoms in total. The van der Waals surface area contributed by atoms with E-state index in [1.165, 1.54) is 12.8 Å². The molecular formula is C22H26N2O2. The Morgan fingerprint density at radius 2 is 1.65 bits per heavy atom. The van der Waals surface area contributed by atoms with Crippen molar-refractivity contribution in [2.45, 2.75) is 39.0 Å². The molecule has 136 valence electrons. The monoisotopic (exact) mass is 350 g/mol. The van der Waals surface area contributed by atoms with Crippen LogP contribution < -0.4 is 10.2 Å². The summed E-state index contributed by atoms with van der Waals surface area (Å²) in [5, 5.41) is 2.96. The maximum Gasteiger partial charge on any atom is 0.260 e. The van der Waals surface area contributed by atoms with Gasteiger partial charge in [-0.05, 0) is 49.9 Å². The first kappa shape index (κ1) is 18.2. The Balaban J connectivity index is 1.77. The molecule has 0 heterocycles. The van der Waals surface area contributed by atoms with Gasteiger partial charge in [-0.25, -0.2) is 0 Å².